The standard InChI is InChI=1S/C23H29ClN2O4/c1-4-5-14-25-23(28)17(2)26(15-18-8-6-7-9-21(18)24)22(27)16-30-20-12-10-19(29-3)11-13-20/h6-13,17H,4-5,14-16H2,1-3H3,(H,25,28)/t17-/m0/s1. The van der Waals surface area contributed by atoms with Crippen molar-refractivity contribution in [3.05, 3.63) is 59.1 Å². The smallest absolute Gasteiger partial charge is 0.261 e. The molecule has 0 aliphatic rings. The number of methoxy groups -OCH3 is 1. The van der Waals surface area contributed by atoms with Gasteiger partial charge in [0, 0.05) is 18.1 Å². The van der Waals surface area contributed by atoms with Crippen molar-refractivity contribution in [2.45, 2.75) is 39.3 Å². The summed E-state index contributed by atoms with van der Waals surface area (Å²) in [5.74, 6) is 0.741. The van der Waals surface area contributed by atoms with Crippen LogP contribution >= 0.6 is 11.6 Å². The van der Waals surface area contributed by atoms with Gasteiger partial charge in [0.1, 0.15) is 17.5 Å². The summed E-state index contributed by atoms with van der Waals surface area (Å²) in [4.78, 5) is 27.1. The van der Waals surface area contributed by atoms with Gasteiger partial charge in [0.05, 0.1) is 7.11 Å². The van der Waals surface area contributed by atoms with E-state index in [2.05, 4.69) is 12.2 Å². The van der Waals surface area contributed by atoms with Gasteiger partial charge in [-0.25, -0.2) is 0 Å². The number of halogens is 1. The molecule has 2 aromatic carbocycles. The van der Waals surface area contributed by atoms with Crippen LogP contribution in [0, 0.1) is 0 Å². The highest BCUT2D eigenvalue weighted by Crippen LogP contribution is 2.20. The Morgan fingerprint density at radius 2 is 1.77 bits per heavy atom. The molecule has 0 heterocycles. The van der Waals surface area contributed by atoms with E-state index in [0.29, 0.717) is 23.1 Å². The summed E-state index contributed by atoms with van der Waals surface area (Å²) in [5, 5.41) is 3.43. The molecule has 0 aliphatic heterocycles. The molecule has 0 bridgehead atoms. The van der Waals surface area contributed by atoms with Crippen molar-refractivity contribution < 1.29 is 19.1 Å². The van der Waals surface area contributed by atoms with Crippen LogP contribution in [0.3, 0.4) is 0 Å². The molecular weight excluding hydrogens is 404 g/mol. The molecule has 2 amide bonds. The highest BCUT2D eigenvalue weighted by Gasteiger charge is 2.26. The second-order valence-electron chi connectivity index (χ2n) is 6.90. The molecule has 162 valence electrons. The van der Waals surface area contributed by atoms with E-state index in [9.17, 15) is 9.59 Å². The third kappa shape index (κ3) is 6.95. The Morgan fingerprint density at radius 3 is 2.40 bits per heavy atom. The minimum atomic E-state index is -0.662. The first-order valence-corrected chi connectivity index (χ1v) is 10.4. The Morgan fingerprint density at radius 1 is 1.10 bits per heavy atom. The van der Waals surface area contributed by atoms with Gasteiger partial charge in [-0.15, -0.1) is 0 Å². The molecule has 0 spiro atoms. The highest BCUT2D eigenvalue weighted by atomic mass is 35.5. The van der Waals surface area contributed by atoms with Crippen molar-refractivity contribution in [2.75, 3.05) is 20.3 Å². The van der Waals surface area contributed by atoms with E-state index in [1.165, 1.54) is 4.90 Å². The van der Waals surface area contributed by atoms with E-state index in [1.54, 1.807) is 44.4 Å². The molecule has 2 aromatic rings. The Bertz CT molecular complexity index is 826. The summed E-state index contributed by atoms with van der Waals surface area (Å²) < 4.78 is 10.8. The Balaban J connectivity index is 2.10. The molecule has 0 saturated carbocycles. The first-order chi connectivity index (χ1) is 14.5. The molecule has 0 unspecified atom stereocenters. The number of nitrogens with zero attached hydrogens (tertiary/aromatic N) is 1. The monoisotopic (exact) mass is 432 g/mol. The Hall–Kier alpha value is -2.73. The molecular formula is C23H29ClN2O4. The molecule has 1 atom stereocenters. The number of amides is 2. The second kappa shape index (κ2) is 12.1. The lowest BCUT2D eigenvalue weighted by molar-refractivity contribution is -0.142. The summed E-state index contributed by atoms with van der Waals surface area (Å²) in [5.41, 5.74) is 0.769. The minimum Gasteiger partial charge on any atom is -0.497 e. The lowest BCUT2D eigenvalue weighted by Crippen LogP contribution is -2.49. The van der Waals surface area contributed by atoms with E-state index < -0.39 is 6.04 Å². The van der Waals surface area contributed by atoms with Crippen molar-refractivity contribution in [2.24, 2.45) is 0 Å². The van der Waals surface area contributed by atoms with Gasteiger partial charge in [-0.2, -0.15) is 0 Å². The van der Waals surface area contributed by atoms with Crippen LogP contribution in [0.15, 0.2) is 48.5 Å². The number of hydrogen-bond donors (Lipinski definition) is 1. The maximum Gasteiger partial charge on any atom is 0.261 e. The molecule has 2 rings (SSSR count). The van der Waals surface area contributed by atoms with Crippen molar-refractivity contribution in [3.8, 4) is 11.5 Å². The van der Waals surface area contributed by atoms with Crippen LogP contribution < -0.4 is 14.8 Å². The van der Waals surface area contributed by atoms with Crippen LogP contribution in [0.4, 0.5) is 0 Å². The van der Waals surface area contributed by atoms with E-state index in [1.807, 2.05) is 18.2 Å². The summed E-state index contributed by atoms with van der Waals surface area (Å²) >= 11 is 6.28. The fourth-order valence-corrected chi connectivity index (χ4v) is 3.02. The summed E-state index contributed by atoms with van der Waals surface area (Å²) in [6.07, 6.45) is 1.87. The fourth-order valence-electron chi connectivity index (χ4n) is 2.83. The molecule has 0 saturated heterocycles. The molecule has 0 radical (unpaired) electrons. The number of ether oxygens (including phenoxy) is 2. The number of benzene rings is 2. The summed E-state index contributed by atoms with van der Waals surface area (Å²) in [6.45, 7) is 4.37. The van der Waals surface area contributed by atoms with Gasteiger partial charge in [-0.3, -0.25) is 9.59 Å². The number of carbonyl (C=O) groups is 2. The van der Waals surface area contributed by atoms with E-state index >= 15 is 0 Å². The van der Waals surface area contributed by atoms with Gasteiger partial charge in [-0.1, -0.05) is 43.1 Å². The fraction of sp³-hybridized carbons (Fsp3) is 0.391. The molecule has 0 aromatic heterocycles. The molecule has 1 N–H and O–H groups in total. The third-order valence-electron chi connectivity index (χ3n) is 4.72. The van der Waals surface area contributed by atoms with Gasteiger partial charge in [-0.05, 0) is 49.2 Å². The normalized spacial score (nSPS) is 11.5. The first-order valence-electron chi connectivity index (χ1n) is 10.0. The summed E-state index contributed by atoms with van der Waals surface area (Å²) in [7, 11) is 1.58. The lowest BCUT2D eigenvalue weighted by Gasteiger charge is -2.29. The van der Waals surface area contributed by atoms with E-state index in [-0.39, 0.29) is 25.0 Å². The second-order valence-corrected chi connectivity index (χ2v) is 7.31. The lowest BCUT2D eigenvalue weighted by atomic mass is 10.1. The van der Waals surface area contributed by atoms with Gasteiger partial charge >= 0.3 is 0 Å². The van der Waals surface area contributed by atoms with E-state index in [0.717, 1.165) is 18.4 Å². The first kappa shape index (κ1) is 23.5. The Kier molecular flexibility index (Phi) is 9.48. The largest absolute Gasteiger partial charge is 0.497 e. The van der Waals surface area contributed by atoms with Crippen LogP contribution in [0.5, 0.6) is 11.5 Å². The summed E-state index contributed by atoms with van der Waals surface area (Å²) in [6, 6.07) is 13.6. The molecule has 6 nitrogen and oxygen atoms in total. The number of rotatable bonds is 11. The van der Waals surface area contributed by atoms with Crippen molar-refractivity contribution >= 4 is 23.4 Å². The predicted octanol–water partition coefficient (Wildman–Crippen LogP) is 4.06. The van der Waals surface area contributed by atoms with E-state index in [4.69, 9.17) is 21.1 Å². The van der Waals surface area contributed by atoms with Gasteiger partial charge in [0.2, 0.25) is 5.91 Å². The van der Waals surface area contributed by atoms with Crippen LogP contribution in [0.1, 0.15) is 32.3 Å². The quantitative estimate of drug-likeness (QED) is 0.544. The molecule has 0 aliphatic carbocycles. The van der Waals surface area contributed by atoms with Crippen LogP contribution in [-0.2, 0) is 16.1 Å². The maximum absolute atomic E-state index is 13.0. The topological polar surface area (TPSA) is 67.9 Å². The number of nitrogens with one attached hydrogen (secondary N) is 1. The average Bonchev–Trinajstić information content (AvgIpc) is 2.77. The molecule has 7 heteroatoms. The predicted molar refractivity (Wildman–Crippen MR) is 118 cm³/mol. The number of carbonyl (C=O) groups excluding carboxylic acids is 2. The maximum atomic E-state index is 13.0. The van der Waals surface area contributed by atoms with Gasteiger partial charge in [0.25, 0.3) is 5.91 Å². The van der Waals surface area contributed by atoms with Crippen molar-refractivity contribution in [3.63, 3.8) is 0 Å². The molecule has 0 fully saturated rings. The SMILES string of the molecule is CCCCNC(=O)[C@H](C)N(Cc1ccccc1Cl)C(=O)COc1ccc(OC)cc1. The zero-order valence-corrected chi connectivity index (χ0v) is 18.4. The van der Waals surface area contributed by atoms with Crippen LogP contribution in [-0.4, -0.2) is 43.0 Å². The highest BCUT2D eigenvalue weighted by molar-refractivity contribution is 6.31. The third-order valence-corrected chi connectivity index (χ3v) is 5.09. The minimum absolute atomic E-state index is 0.191. The Labute approximate surface area is 183 Å². The number of unbranched alkanes of at least 4 members (excludes halogenated alkanes) is 1. The van der Waals surface area contributed by atoms with Crippen LogP contribution in [0.25, 0.3) is 0 Å². The zero-order chi connectivity index (χ0) is 21.9. The van der Waals surface area contributed by atoms with Gasteiger partial charge in [0.15, 0.2) is 6.61 Å². The van der Waals surface area contributed by atoms with Gasteiger partial charge < -0.3 is 19.7 Å². The van der Waals surface area contributed by atoms with Crippen molar-refractivity contribution in [1.29, 1.82) is 0 Å². The zero-order valence-electron chi connectivity index (χ0n) is 17.7. The molecule has 30 heavy (non-hydrogen) atoms. The average molecular weight is 433 g/mol. The van der Waals surface area contributed by atoms with Crippen LogP contribution in [0.2, 0.25) is 5.02 Å². The number of hydrogen-bond acceptors (Lipinski definition) is 4. The van der Waals surface area contributed by atoms with Crippen molar-refractivity contribution in [1.82, 2.24) is 10.2 Å².